The van der Waals surface area contributed by atoms with E-state index in [-0.39, 0.29) is 22.5 Å². The Morgan fingerprint density at radius 2 is 1.93 bits per heavy atom. The monoisotopic (exact) mass is 392 g/mol. The number of methoxy groups -OCH3 is 1. The number of halogens is 1. The van der Waals surface area contributed by atoms with E-state index in [2.05, 4.69) is 4.72 Å². The Bertz CT molecular complexity index is 987. The van der Waals surface area contributed by atoms with Crippen molar-refractivity contribution in [1.29, 1.82) is 0 Å². The molecular weight excluding hydrogens is 371 g/mol. The predicted molar refractivity (Wildman–Crippen MR) is 101 cm³/mol. The topological polar surface area (TPSA) is 75.7 Å². The maximum absolute atomic E-state index is 13.8. The van der Waals surface area contributed by atoms with E-state index in [9.17, 15) is 17.6 Å². The number of rotatable bonds is 6. The van der Waals surface area contributed by atoms with Crippen molar-refractivity contribution in [1.82, 2.24) is 0 Å². The average Bonchev–Trinajstić information content (AvgIpc) is 3.41. The molecule has 2 aromatic carbocycles. The third-order valence-electron chi connectivity index (χ3n) is 4.39. The van der Waals surface area contributed by atoms with Gasteiger partial charge in [-0.1, -0.05) is 0 Å². The minimum Gasteiger partial charge on any atom is -0.497 e. The first-order valence-electron chi connectivity index (χ1n) is 8.50. The molecule has 0 saturated heterocycles. The first kappa shape index (κ1) is 19.2. The van der Waals surface area contributed by atoms with Crippen molar-refractivity contribution in [3.8, 4) is 5.75 Å². The fraction of sp³-hybridized carbons (Fsp3) is 0.316. The van der Waals surface area contributed by atoms with Gasteiger partial charge in [0.2, 0.25) is 5.91 Å². The predicted octanol–water partition coefficient (Wildman–Crippen LogP) is 3.46. The third-order valence-corrected chi connectivity index (χ3v) is 5.91. The van der Waals surface area contributed by atoms with Gasteiger partial charge in [0, 0.05) is 19.0 Å². The number of carbonyl (C=O) groups excluding carboxylic acids is 1. The average molecular weight is 392 g/mol. The standard InChI is InChI=1S/C19H21FN2O4S/c1-12-10-16(26-3)7-9-19(12)27(24,25)21-17-11-14(20)4-8-18(17)22(13(2)23)15-5-6-15/h4,7-11,15,21H,5-6H2,1-3H3. The maximum Gasteiger partial charge on any atom is 0.262 e. The van der Waals surface area contributed by atoms with Crippen LogP contribution >= 0.6 is 0 Å². The molecule has 2 aromatic rings. The summed E-state index contributed by atoms with van der Waals surface area (Å²) in [4.78, 5) is 13.6. The number of hydrogen-bond acceptors (Lipinski definition) is 4. The molecule has 0 spiro atoms. The van der Waals surface area contributed by atoms with E-state index in [4.69, 9.17) is 4.74 Å². The summed E-state index contributed by atoms with van der Waals surface area (Å²) in [5.41, 5.74) is 0.874. The van der Waals surface area contributed by atoms with Crippen LogP contribution in [0.2, 0.25) is 0 Å². The van der Waals surface area contributed by atoms with Gasteiger partial charge in [0.15, 0.2) is 0 Å². The molecule has 0 unspecified atom stereocenters. The molecule has 1 saturated carbocycles. The van der Waals surface area contributed by atoms with Crippen LogP contribution in [0.25, 0.3) is 0 Å². The molecular formula is C19H21FN2O4S. The lowest BCUT2D eigenvalue weighted by molar-refractivity contribution is -0.116. The molecule has 1 fully saturated rings. The fourth-order valence-electron chi connectivity index (χ4n) is 3.01. The first-order chi connectivity index (χ1) is 12.7. The number of nitrogens with zero attached hydrogens (tertiary/aromatic N) is 1. The molecule has 1 aliphatic rings. The minimum atomic E-state index is -3.98. The van der Waals surface area contributed by atoms with Crippen molar-refractivity contribution in [2.75, 3.05) is 16.7 Å². The summed E-state index contributed by atoms with van der Waals surface area (Å²) < 4.78 is 47.1. The normalized spacial score (nSPS) is 13.9. The van der Waals surface area contributed by atoms with E-state index in [1.807, 2.05) is 0 Å². The number of sulfonamides is 1. The van der Waals surface area contributed by atoms with Crippen LogP contribution in [0.4, 0.5) is 15.8 Å². The van der Waals surface area contributed by atoms with Gasteiger partial charge in [-0.25, -0.2) is 12.8 Å². The van der Waals surface area contributed by atoms with Crippen molar-refractivity contribution in [3.05, 3.63) is 47.8 Å². The van der Waals surface area contributed by atoms with E-state index in [1.165, 1.54) is 37.1 Å². The molecule has 6 nitrogen and oxygen atoms in total. The molecule has 1 aliphatic carbocycles. The molecule has 0 heterocycles. The van der Waals surface area contributed by atoms with Gasteiger partial charge in [-0.05, 0) is 55.7 Å². The highest BCUT2D eigenvalue weighted by Crippen LogP contribution is 2.37. The van der Waals surface area contributed by atoms with Crippen molar-refractivity contribution < 1.29 is 22.3 Å². The maximum atomic E-state index is 13.8. The number of benzene rings is 2. The molecule has 0 aliphatic heterocycles. The summed E-state index contributed by atoms with van der Waals surface area (Å²) in [5.74, 6) is -0.276. The number of carbonyl (C=O) groups is 1. The second kappa shape index (κ2) is 7.19. The number of amides is 1. The Morgan fingerprint density at radius 1 is 1.22 bits per heavy atom. The van der Waals surface area contributed by atoms with E-state index in [1.54, 1.807) is 19.1 Å². The van der Waals surface area contributed by atoms with Gasteiger partial charge < -0.3 is 9.64 Å². The lowest BCUT2D eigenvalue weighted by atomic mass is 10.2. The van der Waals surface area contributed by atoms with Gasteiger partial charge in [0.05, 0.1) is 23.4 Å². The van der Waals surface area contributed by atoms with E-state index in [0.717, 1.165) is 18.9 Å². The minimum absolute atomic E-state index is 0.0129. The van der Waals surface area contributed by atoms with Crippen LogP contribution in [0.5, 0.6) is 5.75 Å². The summed E-state index contributed by atoms with van der Waals surface area (Å²) >= 11 is 0. The highest BCUT2D eigenvalue weighted by molar-refractivity contribution is 7.92. The molecule has 0 atom stereocenters. The number of nitrogens with one attached hydrogen (secondary N) is 1. The summed E-state index contributed by atoms with van der Waals surface area (Å²) in [7, 11) is -2.49. The van der Waals surface area contributed by atoms with Crippen LogP contribution in [0.3, 0.4) is 0 Å². The van der Waals surface area contributed by atoms with Crippen molar-refractivity contribution in [2.24, 2.45) is 0 Å². The molecule has 27 heavy (non-hydrogen) atoms. The first-order valence-corrected chi connectivity index (χ1v) is 9.98. The van der Waals surface area contributed by atoms with Crippen molar-refractivity contribution in [3.63, 3.8) is 0 Å². The lowest BCUT2D eigenvalue weighted by Gasteiger charge is -2.24. The van der Waals surface area contributed by atoms with Crippen LogP contribution in [-0.4, -0.2) is 27.5 Å². The van der Waals surface area contributed by atoms with Crippen LogP contribution < -0.4 is 14.4 Å². The zero-order chi connectivity index (χ0) is 19.8. The number of aryl methyl sites for hydroxylation is 1. The van der Waals surface area contributed by atoms with Gasteiger partial charge in [0.1, 0.15) is 11.6 Å². The van der Waals surface area contributed by atoms with Crippen LogP contribution in [-0.2, 0) is 14.8 Å². The Hall–Kier alpha value is -2.61. The molecule has 144 valence electrons. The summed E-state index contributed by atoms with van der Waals surface area (Å²) in [6, 6.07) is 8.31. The zero-order valence-electron chi connectivity index (χ0n) is 15.3. The number of anilines is 2. The molecule has 0 bridgehead atoms. The second-order valence-electron chi connectivity index (χ2n) is 6.52. The molecule has 1 amide bonds. The van der Waals surface area contributed by atoms with Gasteiger partial charge in [-0.3, -0.25) is 9.52 Å². The number of hydrogen-bond donors (Lipinski definition) is 1. The Kier molecular flexibility index (Phi) is 5.10. The zero-order valence-corrected chi connectivity index (χ0v) is 16.1. The lowest BCUT2D eigenvalue weighted by Crippen LogP contribution is -2.31. The quantitative estimate of drug-likeness (QED) is 0.817. The van der Waals surface area contributed by atoms with Crippen LogP contribution in [0.15, 0.2) is 41.3 Å². The third kappa shape index (κ3) is 4.05. The summed E-state index contributed by atoms with van der Waals surface area (Å²) in [5, 5.41) is 0. The van der Waals surface area contributed by atoms with E-state index in [0.29, 0.717) is 17.0 Å². The van der Waals surface area contributed by atoms with Crippen LogP contribution in [0.1, 0.15) is 25.3 Å². The summed E-state index contributed by atoms with van der Waals surface area (Å²) in [6.45, 7) is 3.06. The molecule has 3 rings (SSSR count). The summed E-state index contributed by atoms with van der Waals surface area (Å²) in [6.07, 6.45) is 1.67. The van der Waals surface area contributed by atoms with E-state index >= 15 is 0 Å². The Labute approximate surface area is 158 Å². The SMILES string of the molecule is COc1ccc(S(=O)(=O)Nc2cc(F)ccc2N(C(C)=O)C2CC2)c(C)c1. The van der Waals surface area contributed by atoms with Crippen molar-refractivity contribution in [2.45, 2.75) is 37.6 Å². The van der Waals surface area contributed by atoms with Gasteiger partial charge >= 0.3 is 0 Å². The molecule has 1 N–H and O–H groups in total. The van der Waals surface area contributed by atoms with E-state index < -0.39 is 15.8 Å². The largest absolute Gasteiger partial charge is 0.497 e. The number of ether oxygens (including phenoxy) is 1. The Morgan fingerprint density at radius 3 is 2.48 bits per heavy atom. The molecule has 0 aromatic heterocycles. The van der Waals surface area contributed by atoms with Crippen LogP contribution in [0, 0.1) is 12.7 Å². The molecule has 0 radical (unpaired) electrons. The second-order valence-corrected chi connectivity index (χ2v) is 8.17. The highest BCUT2D eigenvalue weighted by Gasteiger charge is 2.34. The van der Waals surface area contributed by atoms with Crippen molar-refractivity contribution >= 4 is 27.3 Å². The van der Waals surface area contributed by atoms with Gasteiger partial charge in [-0.2, -0.15) is 0 Å². The molecule has 8 heteroatoms. The van der Waals surface area contributed by atoms with Gasteiger partial charge in [0.25, 0.3) is 10.0 Å². The Balaban J connectivity index is 2.02. The van der Waals surface area contributed by atoms with Gasteiger partial charge in [-0.15, -0.1) is 0 Å². The smallest absolute Gasteiger partial charge is 0.262 e. The fourth-order valence-corrected chi connectivity index (χ4v) is 4.30. The highest BCUT2D eigenvalue weighted by atomic mass is 32.2.